The Hall–Kier alpha value is -1.46. The molecule has 3 heteroatoms. The molecule has 0 saturated heterocycles. The van der Waals surface area contributed by atoms with Crippen molar-refractivity contribution in [2.45, 2.75) is 25.3 Å². The van der Waals surface area contributed by atoms with Gasteiger partial charge in [0.05, 0.1) is 5.54 Å². The third-order valence-electron chi connectivity index (χ3n) is 3.26. The van der Waals surface area contributed by atoms with Crippen molar-refractivity contribution in [3.63, 3.8) is 0 Å². The highest BCUT2D eigenvalue weighted by molar-refractivity contribution is 6.30. The van der Waals surface area contributed by atoms with E-state index >= 15 is 0 Å². The quantitative estimate of drug-likeness (QED) is 0.736. The molecule has 0 atom stereocenters. The van der Waals surface area contributed by atoms with E-state index in [0.29, 0.717) is 5.02 Å². The van der Waals surface area contributed by atoms with E-state index in [1.807, 2.05) is 24.3 Å². The molecule has 0 bridgehead atoms. The molecular formula is C14H14ClNO. The molecule has 1 fully saturated rings. The molecule has 1 aromatic carbocycles. The summed E-state index contributed by atoms with van der Waals surface area (Å²) in [7, 11) is 1.81. The average molecular weight is 248 g/mol. The van der Waals surface area contributed by atoms with Gasteiger partial charge in [0.25, 0.3) is 5.91 Å². The Labute approximate surface area is 107 Å². The second-order valence-electron chi connectivity index (χ2n) is 4.28. The molecule has 0 spiro atoms. The molecule has 1 saturated carbocycles. The van der Waals surface area contributed by atoms with Gasteiger partial charge in [-0.05, 0) is 43.4 Å². The first kappa shape index (κ1) is 12.0. The minimum Gasteiger partial charge on any atom is -0.325 e. The first-order valence-corrected chi connectivity index (χ1v) is 5.94. The van der Waals surface area contributed by atoms with Gasteiger partial charge in [0, 0.05) is 12.1 Å². The zero-order valence-electron chi connectivity index (χ0n) is 9.96. The highest BCUT2D eigenvalue weighted by atomic mass is 35.5. The van der Waals surface area contributed by atoms with Crippen LogP contribution in [0.3, 0.4) is 0 Å². The van der Waals surface area contributed by atoms with Crippen LogP contribution in [0.4, 0.5) is 0 Å². The first-order chi connectivity index (χ1) is 8.10. The molecule has 0 unspecified atom stereocenters. The van der Waals surface area contributed by atoms with Crippen LogP contribution in [0.5, 0.6) is 0 Å². The van der Waals surface area contributed by atoms with Crippen LogP contribution in [-0.4, -0.2) is 17.9 Å². The lowest BCUT2D eigenvalue weighted by molar-refractivity contribution is -0.126. The van der Waals surface area contributed by atoms with Crippen LogP contribution in [0, 0.1) is 11.8 Å². The van der Waals surface area contributed by atoms with Crippen molar-refractivity contribution in [2.75, 3.05) is 7.05 Å². The smallest absolute Gasteiger partial charge is 0.298 e. The molecular weight excluding hydrogens is 234 g/mol. The fourth-order valence-electron chi connectivity index (χ4n) is 2.10. The molecule has 88 valence electrons. The van der Waals surface area contributed by atoms with Gasteiger partial charge in [-0.25, -0.2) is 0 Å². The van der Waals surface area contributed by atoms with Crippen LogP contribution in [0.15, 0.2) is 24.3 Å². The maximum atomic E-state index is 11.8. The molecule has 17 heavy (non-hydrogen) atoms. The zero-order valence-corrected chi connectivity index (χ0v) is 10.7. The Morgan fingerprint density at radius 3 is 2.71 bits per heavy atom. The van der Waals surface area contributed by atoms with Crippen molar-refractivity contribution >= 4 is 17.5 Å². The standard InChI is InChI=1S/C14H14ClNO/c1-3-5-13(17)16(2)14(8-9-14)11-6-4-7-12(15)10-11/h4,6-7,10H,8-9H2,1-2H3. The zero-order chi connectivity index (χ0) is 12.5. The topological polar surface area (TPSA) is 20.3 Å². The maximum absolute atomic E-state index is 11.8. The molecule has 0 aliphatic heterocycles. The number of benzene rings is 1. The van der Waals surface area contributed by atoms with Crippen LogP contribution in [0.25, 0.3) is 0 Å². The normalized spacial score (nSPS) is 15.7. The van der Waals surface area contributed by atoms with E-state index in [1.54, 1.807) is 18.9 Å². The monoisotopic (exact) mass is 247 g/mol. The number of rotatable bonds is 2. The number of carbonyl (C=O) groups is 1. The van der Waals surface area contributed by atoms with Crippen LogP contribution in [-0.2, 0) is 10.3 Å². The Bertz CT molecular complexity index is 508. The summed E-state index contributed by atoms with van der Waals surface area (Å²) in [6, 6.07) is 7.70. The van der Waals surface area contributed by atoms with E-state index in [4.69, 9.17) is 11.6 Å². The van der Waals surface area contributed by atoms with E-state index < -0.39 is 0 Å². The van der Waals surface area contributed by atoms with Crippen molar-refractivity contribution in [1.29, 1.82) is 0 Å². The van der Waals surface area contributed by atoms with Crippen molar-refractivity contribution in [3.05, 3.63) is 34.9 Å². The number of hydrogen-bond donors (Lipinski definition) is 0. The van der Waals surface area contributed by atoms with Gasteiger partial charge in [-0.2, -0.15) is 0 Å². The SMILES string of the molecule is CC#CC(=O)N(C)C1(c2cccc(Cl)c2)CC1. The van der Waals surface area contributed by atoms with Crippen LogP contribution in [0.1, 0.15) is 25.3 Å². The lowest BCUT2D eigenvalue weighted by Crippen LogP contribution is -2.36. The van der Waals surface area contributed by atoms with Gasteiger partial charge in [-0.3, -0.25) is 4.79 Å². The molecule has 0 radical (unpaired) electrons. The predicted molar refractivity (Wildman–Crippen MR) is 68.6 cm³/mol. The molecule has 2 nitrogen and oxygen atoms in total. The maximum Gasteiger partial charge on any atom is 0.298 e. The molecule has 0 heterocycles. The molecule has 0 aromatic heterocycles. The first-order valence-electron chi connectivity index (χ1n) is 5.57. The summed E-state index contributed by atoms with van der Waals surface area (Å²) in [5, 5.41) is 0.705. The van der Waals surface area contributed by atoms with E-state index in [2.05, 4.69) is 11.8 Å². The Kier molecular flexibility index (Phi) is 3.13. The van der Waals surface area contributed by atoms with E-state index in [1.165, 1.54) is 0 Å². The van der Waals surface area contributed by atoms with Gasteiger partial charge in [-0.1, -0.05) is 29.7 Å². The van der Waals surface area contributed by atoms with Gasteiger partial charge in [-0.15, -0.1) is 0 Å². The van der Waals surface area contributed by atoms with Gasteiger partial charge in [0.2, 0.25) is 0 Å². The Morgan fingerprint density at radius 2 is 2.18 bits per heavy atom. The molecule has 2 rings (SSSR count). The Morgan fingerprint density at radius 1 is 1.47 bits per heavy atom. The number of carbonyl (C=O) groups excluding carboxylic acids is 1. The highest BCUT2D eigenvalue weighted by Gasteiger charge is 2.49. The summed E-state index contributed by atoms with van der Waals surface area (Å²) in [6.07, 6.45) is 1.95. The van der Waals surface area contributed by atoms with Crippen LogP contribution in [0.2, 0.25) is 5.02 Å². The molecule has 1 aliphatic carbocycles. The fourth-order valence-corrected chi connectivity index (χ4v) is 2.29. The summed E-state index contributed by atoms with van der Waals surface area (Å²) >= 11 is 5.99. The third kappa shape index (κ3) is 2.16. The summed E-state index contributed by atoms with van der Waals surface area (Å²) in [4.78, 5) is 13.5. The fraction of sp³-hybridized carbons (Fsp3) is 0.357. The summed E-state index contributed by atoms with van der Waals surface area (Å²) in [5.41, 5.74) is 0.907. The summed E-state index contributed by atoms with van der Waals surface area (Å²) < 4.78 is 0. The van der Waals surface area contributed by atoms with Crippen LogP contribution < -0.4 is 0 Å². The molecule has 1 aliphatic rings. The van der Waals surface area contributed by atoms with Crippen LogP contribution >= 0.6 is 11.6 Å². The van der Waals surface area contributed by atoms with Crippen molar-refractivity contribution in [1.82, 2.24) is 4.90 Å². The van der Waals surface area contributed by atoms with Gasteiger partial charge in [0.1, 0.15) is 0 Å². The number of nitrogens with zero attached hydrogens (tertiary/aromatic N) is 1. The van der Waals surface area contributed by atoms with Gasteiger partial charge < -0.3 is 4.90 Å². The summed E-state index contributed by atoms with van der Waals surface area (Å²) in [5.74, 6) is 5.09. The van der Waals surface area contributed by atoms with E-state index in [9.17, 15) is 4.79 Å². The molecule has 1 amide bonds. The molecule has 0 N–H and O–H groups in total. The average Bonchev–Trinajstić information content (AvgIpc) is 3.09. The van der Waals surface area contributed by atoms with Gasteiger partial charge >= 0.3 is 0 Å². The minimum absolute atomic E-state index is 0.134. The van der Waals surface area contributed by atoms with E-state index in [-0.39, 0.29) is 11.4 Å². The van der Waals surface area contributed by atoms with E-state index in [0.717, 1.165) is 18.4 Å². The van der Waals surface area contributed by atoms with Crippen molar-refractivity contribution in [2.24, 2.45) is 0 Å². The molecule has 1 aromatic rings. The van der Waals surface area contributed by atoms with Gasteiger partial charge in [0.15, 0.2) is 0 Å². The number of hydrogen-bond acceptors (Lipinski definition) is 1. The lowest BCUT2D eigenvalue weighted by Gasteiger charge is -2.27. The largest absolute Gasteiger partial charge is 0.325 e. The lowest BCUT2D eigenvalue weighted by atomic mass is 10.0. The van der Waals surface area contributed by atoms with Crippen molar-refractivity contribution in [3.8, 4) is 11.8 Å². The highest BCUT2D eigenvalue weighted by Crippen LogP contribution is 2.50. The van der Waals surface area contributed by atoms with Crippen molar-refractivity contribution < 1.29 is 4.79 Å². The Balaban J connectivity index is 2.30. The third-order valence-corrected chi connectivity index (χ3v) is 3.50. The predicted octanol–water partition coefficient (Wildman–Crippen LogP) is 2.81. The number of amides is 1. The second-order valence-corrected chi connectivity index (χ2v) is 4.72. The summed E-state index contributed by atoms with van der Waals surface area (Å²) in [6.45, 7) is 1.67. The minimum atomic E-state index is -0.189. The second kappa shape index (κ2) is 4.43. The number of halogens is 1.